The first-order chi connectivity index (χ1) is 14.2. The number of nitro benzene ring substituents is 1. The van der Waals surface area contributed by atoms with Crippen LogP contribution in [-0.2, 0) is 10.0 Å². The molecule has 0 amide bonds. The van der Waals surface area contributed by atoms with Crippen molar-refractivity contribution in [2.75, 3.05) is 13.2 Å². The minimum absolute atomic E-state index is 0.0385. The topological polar surface area (TPSA) is 120 Å². The molecule has 0 aromatic heterocycles. The summed E-state index contributed by atoms with van der Waals surface area (Å²) in [4.78, 5) is 13.1. The summed E-state index contributed by atoms with van der Waals surface area (Å²) in [7, 11) is -3.87. The standard InChI is InChI=1S/C20H25N3O6S/c1-5-9-29-20-18(23(24)25)11-16(12-19(20)28-6-2)13-21-22-30(26,27)17-8-7-14(3)15(4)10-17/h7-8,10-13,22H,5-6,9H2,1-4H3/b21-13+. The van der Waals surface area contributed by atoms with Crippen LogP contribution in [0.3, 0.4) is 0 Å². The molecular weight excluding hydrogens is 410 g/mol. The molecule has 9 nitrogen and oxygen atoms in total. The third-order valence-electron chi connectivity index (χ3n) is 4.18. The van der Waals surface area contributed by atoms with E-state index in [9.17, 15) is 18.5 Å². The second-order valence-corrected chi connectivity index (χ2v) is 8.17. The van der Waals surface area contributed by atoms with Gasteiger partial charge in [0.05, 0.1) is 29.2 Å². The molecule has 0 spiro atoms. The maximum Gasteiger partial charge on any atom is 0.315 e. The average Bonchev–Trinajstić information content (AvgIpc) is 2.68. The molecular formula is C20H25N3O6S. The van der Waals surface area contributed by atoms with Crippen LogP contribution in [0.1, 0.15) is 37.0 Å². The van der Waals surface area contributed by atoms with Gasteiger partial charge in [-0.05, 0) is 56.5 Å². The monoisotopic (exact) mass is 435 g/mol. The van der Waals surface area contributed by atoms with Crippen LogP contribution in [0.25, 0.3) is 0 Å². The number of hydrazone groups is 1. The largest absolute Gasteiger partial charge is 0.490 e. The molecule has 2 aromatic rings. The van der Waals surface area contributed by atoms with E-state index in [0.717, 1.165) is 11.1 Å². The quantitative estimate of drug-likeness (QED) is 0.345. The van der Waals surface area contributed by atoms with Gasteiger partial charge in [-0.3, -0.25) is 10.1 Å². The van der Waals surface area contributed by atoms with Crippen LogP contribution in [0.5, 0.6) is 11.5 Å². The van der Waals surface area contributed by atoms with Gasteiger partial charge >= 0.3 is 5.69 Å². The molecule has 162 valence electrons. The molecule has 2 aromatic carbocycles. The molecule has 0 aliphatic rings. The highest BCUT2D eigenvalue weighted by atomic mass is 32.2. The molecule has 0 aliphatic carbocycles. The van der Waals surface area contributed by atoms with Crippen molar-refractivity contribution in [3.05, 3.63) is 57.1 Å². The molecule has 2 rings (SSSR count). The number of nitrogens with one attached hydrogen (secondary N) is 1. The lowest BCUT2D eigenvalue weighted by Gasteiger charge is -2.12. The number of rotatable bonds is 10. The van der Waals surface area contributed by atoms with Gasteiger partial charge in [0.15, 0.2) is 5.75 Å². The lowest BCUT2D eigenvalue weighted by atomic mass is 10.1. The molecule has 0 saturated carbocycles. The number of sulfonamides is 1. The first-order valence-corrected chi connectivity index (χ1v) is 10.9. The normalized spacial score (nSPS) is 11.5. The maximum atomic E-state index is 12.4. The number of benzene rings is 2. The van der Waals surface area contributed by atoms with Crippen LogP contribution >= 0.6 is 0 Å². The number of nitro groups is 1. The van der Waals surface area contributed by atoms with E-state index in [0.29, 0.717) is 13.0 Å². The van der Waals surface area contributed by atoms with Gasteiger partial charge in [-0.25, -0.2) is 4.83 Å². The van der Waals surface area contributed by atoms with E-state index in [4.69, 9.17) is 9.47 Å². The number of aryl methyl sites for hydroxylation is 2. The van der Waals surface area contributed by atoms with Crippen LogP contribution < -0.4 is 14.3 Å². The van der Waals surface area contributed by atoms with Crippen molar-refractivity contribution in [1.82, 2.24) is 4.83 Å². The Morgan fingerprint density at radius 3 is 2.47 bits per heavy atom. The lowest BCUT2D eigenvalue weighted by Crippen LogP contribution is -2.18. The van der Waals surface area contributed by atoms with Crippen LogP contribution in [-0.4, -0.2) is 32.8 Å². The Balaban J connectivity index is 2.33. The number of hydrogen-bond donors (Lipinski definition) is 1. The van der Waals surface area contributed by atoms with Crippen molar-refractivity contribution >= 4 is 21.9 Å². The Kier molecular flexibility index (Phi) is 7.76. The molecule has 0 radical (unpaired) electrons. The zero-order valence-corrected chi connectivity index (χ0v) is 18.2. The van der Waals surface area contributed by atoms with Gasteiger partial charge in [-0.2, -0.15) is 13.5 Å². The SMILES string of the molecule is CCCOc1c(OCC)cc(/C=N/NS(=O)(=O)c2ccc(C)c(C)c2)cc1[N+](=O)[O-]. The third-order valence-corrected chi connectivity index (χ3v) is 5.40. The van der Waals surface area contributed by atoms with E-state index in [2.05, 4.69) is 9.93 Å². The van der Waals surface area contributed by atoms with Crippen LogP contribution in [0, 0.1) is 24.0 Å². The summed E-state index contributed by atoms with van der Waals surface area (Å²) in [5.74, 6) is 0.232. The Bertz CT molecular complexity index is 1050. The summed E-state index contributed by atoms with van der Waals surface area (Å²) in [6, 6.07) is 7.50. The van der Waals surface area contributed by atoms with E-state index in [1.165, 1.54) is 24.4 Å². The van der Waals surface area contributed by atoms with Gasteiger partial charge in [-0.1, -0.05) is 13.0 Å². The van der Waals surface area contributed by atoms with E-state index in [1.807, 2.05) is 20.8 Å². The molecule has 0 saturated heterocycles. The molecule has 0 atom stereocenters. The Labute approximate surface area is 175 Å². The smallest absolute Gasteiger partial charge is 0.315 e. The van der Waals surface area contributed by atoms with Crippen molar-refractivity contribution < 1.29 is 22.8 Å². The summed E-state index contributed by atoms with van der Waals surface area (Å²) in [5.41, 5.74) is 1.81. The van der Waals surface area contributed by atoms with Crippen LogP contribution in [0.15, 0.2) is 40.3 Å². The summed E-state index contributed by atoms with van der Waals surface area (Å²) in [5, 5.41) is 15.2. The second kappa shape index (κ2) is 10.1. The fraction of sp³-hybridized carbons (Fsp3) is 0.350. The highest BCUT2D eigenvalue weighted by Crippen LogP contribution is 2.38. The van der Waals surface area contributed by atoms with E-state index in [1.54, 1.807) is 19.1 Å². The molecule has 10 heteroatoms. The summed E-state index contributed by atoms with van der Waals surface area (Å²) >= 11 is 0. The third kappa shape index (κ3) is 5.69. The highest BCUT2D eigenvalue weighted by molar-refractivity contribution is 7.89. The molecule has 0 unspecified atom stereocenters. The predicted molar refractivity (Wildman–Crippen MR) is 114 cm³/mol. The van der Waals surface area contributed by atoms with Crippen molar-refractivity contribution in [3.63, 3.8) is 0 Å². The molecule has 0 bridgehead atoms. The van der Waals surface area contributed by atoms with Gasteiger partial charge in [0, 0.05) is 11.6 Å². The van der Waals surface area contributed by atoms with E-state index < -0.39 is 14.9 Å². The Hall–Kier alpha value is -3.14. The summed E-state index contributed by atoms with van der Waals surface area (Å²) < 4.78 is 35.8. The van der Waals surface area contributed by atoms with Crippen LogP contribution in [0.2, 0.25) is 0 Å². The Morgan fingerprint density at radius 1 is 1.13 bits per heavy atom. The van der Waals surface area contributed by atoms with E-state index in [-0.39, 0.29) is 34.3 Å². The molecule has 1 N–H and O–H groups in total. The van der Waals surface area contributed by atoms with Crippen molar-refractivity contribution in [1.29, 1.82) is 0 Å². The zero-order chi connectivity index (χ0) is 22.3. The minimum atomic E-state index is -3.87. The fourth-order valence-electron chi connectivity index (χ4n) is 2.53. The number of hydrogen-bond acceptors (Lipinski definition) is 7. The van der Waals surface area contributed by atoms with E-state index >= 15 is 0 Å². The molecule has 0 aliphatic heterocycles. The maximum absolute atomic E-state index is 12.4. The van der Waals surface area contributed by atoms with Crippen molar-refractivity contribution in [2.24, 2.45) is 5.10 Å². The van der Waals surface area contributed by atoms with Gasteiger partial charge in [0.25, 0.3) is 10.0 Å². The zero-order valence-electron chi connectivity index (χ0n) is 17.3. The molecule has 30 heavy (non-hydrogen) atoms. The van der Waals surface area contributed by atoms with Crippen molar-refractivity contribution in [2.45, 2.75) is 39.0 Å². The average molecular weight is 436 g/mol. The first-order valence-electron chi connectivity index (χ1n) is 9.39. The second-order valence-electron chi connectivity index (χ2n) is 6.50. The van der Waals surface area contributed by atoms with Crippen LogP contribution in [0.4, 0.5) is 5.69 Å². The number of nitrogens with zero attached hydrogens (tertiary/aromatic N) is 2. The Morgan fingerprint density at radius 2 is 1.87 bits per heavy atom. The van der Waals surface area contributed by atoms with Gasteiger partial charge in [-0.15, -0.1) is 0 Å². The summed E-state index contributed by atoms with van der Waals surface area (Å²) in [6.07, 6.45) is 1.85. The molecule has 0 fully saturated rings. The fourth-order valence-corrected chi connectivity index (χ4v) is 3.41. The first kappa shape index (κ1) is 23.1. The summed E-state index contributed by atoms with van der Waals surface area (Å²) in [6.45, 7) is 7.90. The minimum Gasteiger partial charge on any atom is -0.490 e. The van der Waals surface area contributed by atoms with Crippen molar-refractivity contribution in [3.8, 4) is 11.5 Å². The van der Waals surface area contributed by atoms with Gasteiger partial charge < -0.3 is 9.47 Å². The molecule has 0 heterocycles. The predicted octanol–water partition coefficient (Wildman–Crippen LogP) is 3.71. The van der Waals surface area contributed by atoms with Gasteiger partial charge in [0.1, 0.15) is 0 Å². The van der Waals surface area contributed by atoms with Gasteiger partial charge in [0.2, 0.25) is 5.75 Å². The highest BCUT2D eigenvalue weighted by Gasteiger charge is 2.22. The number of ether oxygens (including phenoxy) is 2. The lowest BCUT2D eigenvalue weighted by molar-refractivity contribution is -0.386.